The van der Waals surface area contributed by atoms with E-state index in [4.69, 9.17) is 0 Å². The van der Waals surface area contributed by atoms with Crippen LogP contribution >= 0.6 is 0 Å². The molecule has 0 radical (unpaired) electrons. The monoisotopic (exact) mass is 469 g/mol. The van der Waals surface area contributed by atoms with Gasteiger partial charge in [0.05, 0.1) is 12.6 Å². The molecule has 2 atom stereocenters. The van der Waals surface area contributed by atoms with Gasteiger partial charge in [-0.3, -0.25) is 9.59 Å². The highest BCUT2D eigenvalue weighted by Crippen LogP contribution is 2.31. The molecule has 5 rings (SSSR count). The number of hydrogen-bond donors (Lipinski definition) is 3. The van der Waals surface area contributed by atoms with Crippen LogP contribution in [0.2, 0.25) is 0 Å². The summed E-state index contributed by atoms with van der Waals surface area (Å²) < 4.78 is 0. The molecule has 1 aliphatic rings. The first kappa shape index (κ1) is 22.7. The van der Waals surface area contributed by atoms with E-state index in [1.165, 1.54) is 0 Å². The van der Waals surface area contributed by atoms with Crippen molar-refractivity contribution in [3.63, 3.8) is 0 Å². The lowest BCUT2D eigenvalue weighted by molar-refractivity contribution is -0.128. The zero-order valence-corrected chi connectivity index (χ0v) is 19.7. The predicted molar refractivity (Wildman–Crippen MR) is 134 cm³/mol. The number of para-hydroxylation sites is 1. The van der Waals surface area contributed by atoms with E-state index in [-0.39, 0.29) is 17.9 Å². The number of nitrogens with zero attached hydrogens (tertiary/aromatic N) is 4. The summed E-state index contributed by atoms with van der Waals surface area (Å²) in [6.07, 6.45) is 1.25. The maximum absolute atomic E-state index is 13.8. The van der Waals surface area contributed by atoms with Crippen LogP contribution < -0.4 is 15.5 Å². The number of likely N-dealkylation sites (N-methyl/N-ethyl adjacent to an activating group) is 1. The van der Waals surface area contributed by atoms with Crippen LogP contribution in [0.5, 0.6) is 0 Å². The van der Waals surface area contributed by atoms with Gasteiger partial charge in [0.15, 0.2) is 5.82 Å². The summed E-state index contributed by atoms with van der Waals surface area (Å²) in [4.78, 5) is 28.2. The number of fused-ring (bicyclic) bond motifs is 2. The molecule has 0 spiro atoms. The Kier molecular flexibility index (Phi) is 6.24. The lowest BCUT2D eigenvalue weighted by atomic mass is 10.0. The second-order valence-corrected chi connectivity index (χ2v) is 8.77. The number of rotatable bonds is 6. The standard InChI is InChI=1S/C26H27N7O2/c1-16(27-2)25(34)28-22-13-12-18-6-3-4-9-23(18)33(26(22)35)15-20-8-5-7-17-10-11-19(14-21(17)20)24-29-31-32-30-24/h3-11,14,16,22,27H,12-13,15H2,1-2H3,(H,28,34)(H,29,30,31,32). The van der Waals surface area contributed by atoms with Gasteiger partial charge in [-0.05, 0) is 71.3 Å². The van der Waals surface area contributed by atoms with E-state index >= 15 is 0 Å². The normalized spacial score (nSPS) is 16.6. The Hall–Kier alpha value is -4.11. The summed E-state index contributed by atoms with van der Waals surface area (Å²) in [5, 5.41) is 22.1. The molecule has 0 fully saturated rings. The van der Waals surface area contributed by atoms with E-state index in [1.54, 1.807) is 18.9 Å². The Morgan fingerprint density at radius 1 is 1.17 bits per heavy atom. The third-order valence-corrected chi connectivity index (χ3v) is 6.61. The summed E-state index contributed by atoms with van der Waals surface area (Å²) >= 11 is 0. The minimum Gasteiger partial charge on any atom is -0.343 e. The molecule has 4 aromatic rings. The Bertz CT molecular complexity index is 1370. The minimum absolute atomic E-state index is 0.112. The lowest BCUT2D eigenvalue weighted by Gasteiger charge is -2.27. The number of benzene rings is 3. The van der Waals surface area contributed by atoms with Crippen LogP contribution in [0, 0.1) is 0 Å². The number of carbonyl (C=O) groups excluding carboxylic acids is 2. The molecule has 3 aromatic carbocycles. The zero-order chi connectivity index (χ0) is 24.4. The predicted octanol–water partition coefficient (Wildman–Crippen LogP) is 2.59. The molecule has 0 saturated carbocycles. The largest absolute Gasteiger partial charge is 0.343 e. The first-order chi connectivity index (χ1) is 17.0. The lowest BCUT2D eigenvalue weighted by Crippen LogP contribution is -2.52. The van der Waals surface area contributed by atoms with E-state index in [9.17, 15) is 9.59 Å². The smallest absolute Gasteiger partial charge is 0.249 e. The van der Waals surface area contributed by atoms with Gasteiger partial charge in [0.25, 0.3) is 0 Å². The number of nitrogens with one attached hydrogen (secondary N) is 3. The van der Waals surface area contributed by atoms with E-state index in [2.05, 4.69) is 31.3 Å². The Labute approximate surface area is 202 Å². The van der Waals surface area contributed by atoms with Crippen LogP contribution in [-0.4, -0.2) is 51.6 Å². The summed E-state index contributed by atoms with van der Waals surface area (Å²) in [6.45, 7) is 2.15. The first-order valence-corrected chi connectivity index (χ1v) is 11.7. The summed E-state index contributed by atoms with van der Waals surface area (Å²) in [5.41, 5.74) is 3.83. The molecule has 0 saturated heterocycles. The summed E-state index contributed by atoms with van der Waals surface area (Å²) in [7, 11) is 1.73. The van der Waals surface area contributed by atoms with Gasteiger partial charge in [-0.25, -0.2) is 5.10 Å². The molecule has 9 heteroatoms. The fraction of sp³-hybridized carbons (Fsp3) is 0.269. The number of tetrazole rings is 1. The van der Waals surface area contributed by atoms with Gasteiger partial charge in [-0.1, -0.05) is 48.5 Å². The van der Waals surface area contributed by atoms with Crippen molar-refractivity contribution < 1.29 is 9.59 Å². The third-order valence-electron chi connectivity index (χ3n) is 6.61. The Morgan fingerprint density at radius 3 is 2.83 bits per heavy atom. The van der Waals surface area contributed by atoms with E-state index in [1.807, 2.05) is 60.7 Å². The molecule has 3 N–H and O–H groups in total. The molecule has 1 aliphatic heterocycles. The molecular formula is C26H27N7O2. The second kappa shape index (κ2) is 9.63. The van der Waals surface area contributed by atoms with Crippen LogP contribution in [0.25, 0.3) is 22.2 Å². The summed E-state index contributed by atoms with van der Waals surface area (Å²) in [6, 6.07) is 19.1. The Balaban J connectivity index is 1.53. The maximum atomic E-state index is 13.8. The van der Waals surface area contributed by atoms with Crippen LogP contribution in [0.1, 0.15) is 24.5 Å². The van der Waals surface area contributed by atoms with E-state index < -0.39 is 6.04 Å². The van der Waals surface area contributed by atoms with Crippen molar-refractivity contribution in [2.45, 2.75) is 38.4 Å². The van der Waals surface area contributed by atoms with Crippen LogP contribution in [0.3, 0.4) is 0 Å². The highest BCUT2D eigenvalue weighted by molar-refractivity contribution is 6.01. The van der Waals surface area contributed by atoms with Gasteiger partial charge in [-0.15, -0.1) is 5.10 Å². The average molecular weight is 470 g/mol. The molecule has 35 heavy (non-hydrogen) atoms. The fourth-order valence-corrected chi connectivity index (χ4v) is 4.51. The zero-order valence-electron chi connectivity index (χ0n) is 19.7. The Morgan fingerprint density at radius 2 is 2.03 bits per heavy atom. The van der Waals surface area contributed by atoms with Gasteiger partial charge in [-0.2, -0.15) is 0 Å². The molecule has 0 bridgehead atoms. The van der Waals surface area contributed by atoms with Gasteiger partial charge in [0.1, 0.15) is 6.04 Å². The molecule has 2 heterocycles. The third kappa shape index (κ3) is 4.50. The number of aryl methyl sites for hydroxylation is 1. The minimum atomic E-state index is -0.600. The van der Waals surface area contributed by atoms with Crippen molar-refractivity contribution in [2.24, 2.45) is 0 Å². The fourth-order valence-electron chi connectivity index (χ4n) is 4.51. The topological polar surface area (TPSA) is 116 Å². The first-order valence-electron chi connectivity index (χ1n) is 11.7. The van der Waals surface area contributed by atoms with Crippen LogP contribution in [0.15, 0.2) is 60.7 Å². The molecule has 2 unspecified atom stereocenters. The molecule has 0 aliphatic carbocycles. The van der Waals surface area contributed by atoms with Crippen molar-refractivity contribution >= 4 is 28.3 Å². The van der Waals surface area contributed by atoms with Gasteiger partial charge in [0, 0.05) is 11.3 Å². The SMILES string of the molecule is CNC(C)C(=O)NC1CCc2ccccc2N(Cc2cccc3ccc(-c4nnn[nH]4)cc23)C1=O. The van der Waals surface area contributed by atoms with Crippen LogP contribution in [-0.2, 0) is 22.6 Å². The second-order valence-electron chi connectivity index (χ2n) is 8.77. The van der Waals surface area contributed by atoms with E-state index in [0.29, 0.717) is 25.2 Å². The van der Waals surface area contributed by atoms with Crippen molar-refractivity contribution in [3.05, 3.63) is 71.8 Å². The van der Waals surface area contributed by atoms with E-state index in [0.717, 1.165) is 33.2 Å². The quantitative estimate of drug-likeness (QED) is 0.400. The highest BCUT2D eigenvalue weighted by Gasteiger charge is 2.32. The highest BCUT2D eigenvalue weighted by atomic mass is 16.2. The number of amides is 2. The number of H-pyrrole nitrogens is 1. The number of anilines is 1. The molecule has 2 amide bonds. The van der Waals surface area contributed by atoms with Gasteiger partial charge in [0.2, 0.25) is 11.8 Å². The number of aromatic nitrogens is 4. The molecule has 178 valence electrons. The number of aromatic amines is 1. The van der Waals surface area contributed by atoms with Crippen molar-refractivity contribution in [1.29, 1.82) is 0 Å². The van der Waals surface area contributed by atoms with Crippen molar-refractivity contribution in [3.8, 4) is 11.4 Å². The molecular weight excluding hydrogens is 442 g/mol. The van der Waals surface area contributed by atoms with Gasteiger partial charge < -0.3 is 15.5 Å². The van der Waals surface area contributed by atoms with Crippen LogP contribution in [0.4, 0.5) is 5.69 Å². The summed E-state index contributed by atoms with van der Waals surface area (Å²) in [5.74, 6) is 0.283. The average Bonchev–Trinajstić information content (AvgIpc) is 3.40. The molecule has 9 nitrogen and oxygen atoms in total. The molecule has 1 aromatic heterocycles. The van der Waals surface area contributed by atoms with Crippen molar-refractivity contribution in [1.82, 2.24) is 31.3 Å². The van der Waals surface area contributed by atoms with Gasteiger partial charge >= 0.3 is 0 Å². The number of hydrogen-bond acceptors (Lipinski definition) is 6. The maximum Gasteiger partial charge on any atom is 0.249 e. The van der Waals surface area contributed by atoms with Crippen molar-refractivity contribution in [2.75, 3.05) is 11.9 Å². The number of carbonyl (C=O) groups is 2.